The maximum Gasteiger partial charge on any atom is 0.332 e. The average molecular weight is 612 g/mol. The zero-order valence-corrected chi connectivity index (χ0v) is 26.0. The highest BCUT2D eigenvalue weighted by Crippen LogP contribution is 2.47. The quantitative estimate of drug-likeness (QED) is 0.320. The monoisotopic (exact) mass is 611 g/mol. The molecule has 9 nitrogen and oxygen atoms in total. The summed E-state index contributed by atoms with van der Waals surface area (Å²) in [6.07, 6.45) is 9.04. The van der Waals surface area contributed by atoms with E-state index in [2.05, 4.69) is 29.2 Å². The molecular formula is C36H41N3O6. The van der Waals surface area contributed by atoms with Crippen LogP contribution in [0.4, 0.5) is 0 Å². The first-order valence-corrected chi connectivity index (χ1v) is 16.0. The number of nitrogens with one attached hydrogen (secondary N) is 1. The lowest BCUT2D eigenvalue weighted by molar-refractivity contribution is -0.150. The Morgan fingerprint density at radius 2 is 1.91 bits per heavy atom. The van der Waals surface area contributed by atoms with Crippen molar-refractivity contribution in [3.8, 4) is 16.9 Å². The number of esters is 1. The lowest BCUT2D eigenvalue weighted by atomic mass is 9.93. The number of carbonyl (C=O) groups excluding carboxylic acids is 3. The van der Waals surface area contributed by atoms with Gasteiger partial charge in [-0.3, -0.25) is 9.59 Å². The summed E-state index contributed by atoms with van der Waals surface area (Å²) in [5, 5.41) is 7.65. The van der Waals surface area contributed by atoms with E-state index in [4.69, 9.17) is 14.3 Å². The molecule has 5 atom stereocenters. The molecule has 2 aromatic rings. The molecule has 236 valence electrons. The van der Waals surface area contributed by atoms with Crippen LogP contribution in [0.2, 0.25) is 0 Å². The van der Waals surface area contributed by atoms with Gasteiger partial charge in [0.15, 0.2) is 0 Å². The van der Waals surface area contributed by atoms with Gasteiger partial charge in [0.1, 0.15) is 29.7 Å². The lowest BCUT2D eigenvalue weighted by Crippen LogP contribution is -2.50. The van der Waals surface area contributed by atoms with Gasteiger partial charge in [-0.2, -0.15) is 0 Å². The number of oxime groups is 1. The number of hydrogen-bond acceptors (Lipinski definition) is 7. The van der Waals surface area contributed by atoms with Crippen LogP contribution < -0.4 is 10.1 Å². The fourth-order valence-corrected chi connectivity index (χ4v) is 6.89. The van der Waals surface area contributed by atoms with E-state index in [1.54, 1.807) is 24.9 Å². The highest BCUT2D eigenvalue weighted by Gasteiger charge is 2.62. The second-order valence-corrected chi connectivity index (χ2v) is 12.4. The van der Waals surface area contributed by atoms with E-state index >= 15 is 0 Å². The fourth-order valence-electron chi connectivity index (χ4n) is 6.89. The Morgan fingerprint density at radius 3 is 2.69 bits per heavy atom. The number of rotatable bonds is 5. The molecule has 1 heterocycles. The number of nitrogens with zero attached hydrogens (tertiary/aromatic N) is 2. The molecule has 0 radical (unpaired) electrons. The normalized spacial score (nSPS) is 29.3. The van der Waals surface area contributed by atoms with Crippen LogP contribution in [0.3, 0.4) is 0 Å². The molecule has 0 unspecified atom stereocenters. The topological polar surface area (TPSA) is 107 Å². The Balaban J connectivity index is 1.30. The van der Waals surface area contributed by atoms with Crippen LogP contribution >= 0.6 is 0 Å². The summed E-state index contributed by atoms with van der Waals surface area (Å²) >= 11 is 0. The molecule has 4 aliphatic rings. The van der Waals surface area contributed by atoms with E-state index in [-0.39, 0.29) is 24.3 Å². The predicted octanol–water partition coefficient (Wildman–Crippen LogP) is 5.03. The first-order valence-electron chi connectivity index (χ1n) is 16.0. The van der Waals surface area contributed by atoms with Gasteiger partial charge in [0.2, 0.25) is 11.8 Å². The van der Waals surface area contributed by atoms with Crippen LogP contribution in [0.1, 0.15) is 56.6 Å². The Bertz CT molecular complexity index is 1550. The maximum absolute atomic E-state index is 13.9. The van der Waals surface area contributed by atoms with Gasteiger partial charge < -0.3 is 24.5 Å². The van der Waals surface area contributed by atoms with Crippen molar-refractivity contribution >= 4 is 23.5 Å². The molecule has 1 N–H and O–H groups in total. The predicted molar refractivity (Wildman–Crippen MR) is 171 cm³/mol. The van der Waals surface area contributed by atoms with Crippen LogP contribution in [0.5, 0.6) is 5.75 Å². The lowest BCUT2D eigenvalue weighted by Gasteiger charge is -2.26. The average Bonchev–Trinajstić information content (AvgIpc) is 3.44. The van der Waals surface area contributed by atoms with Gasteiger partial charge >= 0.3 is 5.97 Å². The molecule has 2 saturated carbocycles. The molecule has 1 aliphatic heterocycles. The summed E-state index contributed by atoms with van der Waals surface area (Å²) < 4.78 is 11.3. The van der Waals surface area contributed by atoms with E-state index in [9.17, 15) is 14.4 Å². The van der Waals surface area contributed by atoms with Gasteiger partial charge in [0.05, 0.1) is 18.4 Å². The molecule has 4 bridgehead atoms. The van der Waals surface area contributed by atoms with Gasteiger partial charge in [0, 0.05) is 30.6 Å². The van der Waals surface area contributed by atoms with Crippen LogP contribution in [-0.4, -0.2) is 66.8 Å². The summed E-state index contributed by atoms with van der Waals surface area (Å²) in [6.45, 7) is 6.82. The van der Waals surface area contributed by atoms with E-state index in [1.165, 1.54) is 0 Å². The number of allylic oxidation sites excluding steroid dienone is 1. The van der Waals surface area contributed by atoms with E-state index in [0.717, 1.165) is 47.3 Å². The summed E-state index contributed by atoms with van der Waals surface area (Å²) in [6, 6.07) is 14.1. The molecule has 0 saturated heterocycles. The zero-order chi connectivity index (χ0) is 31.6. The first kappa shape index (κ1) is 30.6. The van der Waals surface area contributed by atoms with Crippen LogP contribution in [-0.2, 0) is 24.0 Å². The zero-order valence-electron chi connectivity index (χ0n) is 26.0. The molecule has 0 spiro atoms. The SMILES string of the molecule is C=C[C@@H]1C[C@]1(NC(=O)[C@@H]1C[C@@H]2C[C@H]1C(=O)N(C)CCCC/C=C\COc1ccc3c(c1)/C(=N\O2)c1ccccc1-3)C(=O)OCC. The van der Waals surface area contributed by atoms with Crippen molar-refractivity contribution in [2.75, 3.05) is 26.8 Å². The molecule has 2 fully saturated rings. The number of hydrogen-bond donors (Lipinski definition) is 1. The van der Waals surface area contributed by atoms with Gasteiger partial charge in [0.25, 0.3) is 0 Å². The molecule has 6 rings (SSSR count). The van der Waals surface area contributed by atoms with E-state index < -0.39 is 29.4 Å². The smallest absolute Gasteiger partial charge is 0.332 e. The van der Waals surface area contributed by atoms with Crippen molar-refractivity contribution in [1.29, 1.82) is 0 Å². The van der Waals surface area contributed by atoms with E-state index in [0.29, 0.717) is 38.1 Å². The molecule has 0 aromatic heterocycles. The summed E-state index contributed by atoms with van der Waals surface area (Å²) in [4.78, 5) is 48.5. The van der Waals surface area contributed by atoms with Gasteiger partial charge in [-0.25, -0.2) is 4.79 Å². The third kappa shape index (κ3) is 6.00. The third-order valence-electron chi connectivity index (χ3n) is 9.47. The minimum Gasteiger partial charge on any atom is -0.490 e. The first-order chi connectivity index (χ1) is 21.9. The summed E-state index contributed by atoms with van der Waals surface area (Å²) in [5.74, 6) is -1.67. The summed E-state index contributed by atoms with van der Waals surface area (Å²) in [5.41, 5.74) is 3.54. The van der Waals surface area contributed by atoms with Crippen molar-refractivity contribution in [3.05, 3.63) is 78.4 Å². The summed E-state index contributed by atoms with van der Waals surface area (Å²) in [7, 11) is 1.79. The highest BCUT2D eigenvalue weighted by molar-refractivity contribution is 6.24. The number of carbonyl (C=O) groups is 3. The van der Waals surface area contributed by atoms with Crippen molar-refractivity contribution in [2.24, 2.45) is 22.9 Å². The third-order valence-corrected chi connectivity index (χ3v) is 9.47. The van der Waals surface area contributed by atoms with Crippen LogP contribution in [0, 0.1) is 17.8 Å². The fraction of sp³-hybridized carbons (Fsp3) is 0.444. The molecule has 2 amide bonds. The van der Waals surface area contributed by atoms with Gasteiger partial charge in [-0.1, -0.05) is 47.6 Å². The van der Waals surface area contributed by atoms with E-state index in [1.807, 2.05) is 42.5 Å². The minimum atomic E-state index is -1.14. The van der Waals surface area contributed by atoms with Gasteiger partial charge in [-0.05, 0) is 74.8 Å². The number of fused-ring (bicyclic) bond motifs is 6. The Hall–Kier alpha value is -4.40. The van der Waals surface area contributed by atoms with Crippen molar-refractivity contribution in [3.63, 3.8) is 0 Å². The Kier molecular flexibility index (Phi) is 8.79. The van der Waals surface area contributed by atoms with Crippen molar-refractivity contribution < 1.29 is 28.7 Å². The van der Waals surface area contributed by atoms with Crippen molar-refractivity contribution in [2.45, 2.75) is 57.1 Å². The number of ether oxygens (including phenoxy) is 2. The van der Waals surface area contributed by atoms with Crippen LogP contribution in [0.15, 0.2) is 72.4 Å². The number of benzene rings is 2. The Morgan fingerprint density at radius 1 is 1.11 bits per heavy atom. The van der Waals surface area contributed by atoms with Crippen LogP contribution in [0.25, 0.3) is 11.1 Å². The van der Waals surface area contributed by atoms with Crippen molar-refractivity contribution in [1.82, 2.24) is 10.2 Å². The largest absolute Gasteiger partial charge is 0.490 e. The molecule has 3 aliphatic carbocycles. The Labute approximate surface area is 264 Å². The second-order valence-electron chi connectivity index (χ2n) is 12.4. The molecule has 2 aromatic carbocycles. The standard InChI is InChI=1S/C36H41N3O6/c1-4-23-22-36(23,35(42)43-5-2)37-33(40)30-20-25-21-31(30)34(41)39(3)17-11-7-6-8-12-18-44-24-15-16-27-26-13-9-10-14-28(26)32(38-45-25)29(27)19-24/h4,8-10,12-16,19,23,25,30-31H,1,5-7,11,17-18,20-22H2,2-3H3,(H,37,40)/b12-8-,38-32-/t23-,25-,30-,31-,36-/m1/s1. The maximum atomic E-state index is 13.9. The number of amides is 2. The second kappa shape index (κ2) is 12.9. The molecule has 45 heavy (non-hydrogen) atoms. The molecular weight excluding hydrogens is 570 g/mol. The minimum absolute atomic E-state index is 0.0989. The highest BCUT2D eigenvalue weighted by atomic mass is 16.6. The molecule has 9 heteroatoms. The van der Waals surface area contributed by atoms with Gasteiger partial charge in [-0.15, -0.1) is 6.58 Å².